The van der Waals surface area contributed by atoms with Crippen LogP contribution in [0.3, 0.4) is 0 Å². The maximum Gasteiger partial charge on any atom is 0.410 e. The summed E-state index contributed by atoms with van der Waals surface area (Å²) in [5.41, 5.74) is 0.210. The van der Waals surface area contributed by atoms with Crippen molar-refractivity contribution in [1.82, 2.24) is 15.2 Å². The molecule has 8 nitrogen and oxygen atoms in total. The van der Waals surface area contributed by atoms with Crippen LogP contribution in [0.15, 0.2) is 12.3 Å². The fraction of sp³-hybridized carbons (Fsp3) is 0.600. The Kier molecular flexibility index (Phi) is 6.04. The molecule has 0 bridgehead atoms. The number of ether oxygens (including phenoxy) is 1. The molecule has 158 valence electrons. The molecule has 0 spiro atoms. The van der Waals surface area contributed by atoms with E-state index in [9.17, 15) is 18.8 Å². The molecule has 2 fully saturated rings. The quantitative estimate of drug-likeness (QED) is 0.749. The minimum atomic E-state index is -0.586. The van der Waals surface area contributed by atoms with E-state index in [0.717, 1.165) is 0 Å². The number of carbonyl (C=O) groups is 3. The van der Waals surface area contributed by atoms with Gasteiger partial charge in [0.15, 0.2) is 0 Å². The highest BCUT2D eigenvalue weighted by Crippen LogP contribution is 2.30. The van der Waals surface area contributed by atoms with E-state index < -0.39 is 23.4 Å². The second kappa shape index (κ2) is 8.34. The molecular formula is C20H27FN4O4. The fourth-order valence-electron chi connectivity index (χ4n) is 3.52. The Morgan fingerprint density at radius 3 is 2.55 bits per heavy atom. The number of likely N-dealkylation sites (tertiary alicyclic amines) is 1. The van der Waals surface area contributed by atoms with Gasteiger partial charge in [0.1, 0.15) is 17.5 Å². The molecule has 2 saturated heterocycles. The molecule has 0 saturated carbocycles. The summed E-state index contributed by atoms with van der Waals surface area (Å²) in [5, 5.41) is 5.19. The van der Waals surface area contributed by atoms with E-state index in [1.807, 2.05) is 20.8 Å². The van der Waals surface area contributed by atoms with Gasteiger partial charge >= 0.3 is 6.09 Å². The monoisotopic (exact) mass is 406 g/mol. The van der Waals surface area contributed by atoms with Crippen LogP contribution in [0.25, 0.3) is 0 Å². The highest BCUT2D eigenvalue weighted by Gasteiger charge is 2.30. The number of halogens is 1. The van der Waals surface area contributed by atoms with Gasteiger partial charge in [-0.1, -0.05) is 0 Å². The number of rotatable bonds is 3. The topological polar surface area (TPSA) is 101 Å². The first kappa shape index (κ1) is 21.0. The highest BCUT2D eigenvalue weighted by atomic mass is 19.1. The van der Waals surface area contributed by atoms with E-state index in [2.05, 4.69) is 15.6 Å². The van der Waals surface area contributed by atoms with E-state index in [1.54, 1.807) is 4.90 Å². The van der Waals surface area contributed by atoms with Crippen LogP contribution in [0.5, 0.6) is 0 Å². The molecule has 3 heterocycles. The molecule has 0 aromatic carbocycles. The molecule has 1 aromatic heterocycles. The lowest BCUT2D eigenvalue weighted by molar-refractivity contribution is -0.133. The molecule has 1 aromatic rings. The molecule has 9 heteroatoms. The number of aromatic nitrogens is 1. The van der Waals surface area contributed by atoms with Gasteiger partial charge in [0.25, 0.3) is 0 Å². The standard InChI is InChI=1S/C20H27FN4O4/c1-20(2,3)29-19(28)25-8-6-12(7-9-25)17-14(21)10-13(11-22-17)23-15-4-5-16(26)24-18(15)27/h10-12,15,23H,4-9H2,1-3H3,(H,24,26,27)/t15-/m0/s1. The lowest BCUT2D eigenvalue weighted by atomic mass is 9.93. The number of pyridine rings is 1. The van der Waals surface area contributed by atoms with Gasteiger partial charge in [-0.3, -0.25) is 19.9 Å². The van der Waals surface area contributed by atoms with Gasteiger partial charge in [0, 0.05) is 31.5 Å². The number of imide groups is 1. The number of anilines is 1. The van der Waals surface area contributed by atoms with Crippen molar-refractivity contribution in [2.45, 2.75) is 64.0 Å². The lowest BCUT2D eigenvalue weighted by Gasteiger charge is -2.33. The Morgan fingerprint density at radius 1 is 1.28 bits per heavy atom. The van der Waals surface area contributed by atoms with Crippen LogP contribution in [-0.2, 0) is 14.3 Å². The number of hydrogen-bond donors (Lipinski definition) is 2. The molecule has 29 heavy (non-hydrogen) atoms. The molecule has 3 rings (SSSR count). The third kappa shape index (κ3) is 5.42. The van der Waals surface area contributed by atoms with Crippen LogP contribution in [-0.4, -0.2) is 52.5 Å². The predicted octanol–water partition coefficient (Wildman–Crippen LogP) is 2.55. The summed E-state index contributed by atoms with van der Waals surface area (Å²) >= 11 is 0. The Labute approximate surface area is 169 Å². The molecule has 2 aliphatic heterocycles. The van der Waals surface area contributed by atoms with E-state index in [-0.39, 0.29) is 24.3 Å². The minimum absolute atomic E-state index is 0.0849. The van der Waals surface area contributed by atoms with Crippen LogP contribution in [0.1, 0.15) is 58.1 Å². The second-order valence-corrected chi connectivity index (χ2v) is 8.48. The number of nitrogens with one attached hydrogen (secondary N) is 2. The molecule has 1 atom stereocenters. The van der Waals surface area contributed by atoms with Gasteiger partial charge in [0.2, 0.25) is 11.8 Å². The average molecular weight is 406 g/mol. The largest absolute Gasteiger partial charge is 0.444 e. The zero-order valence-electron chi connectivity index (χ0n) is 17.0. The normalized spacial score (nSPS) is 21.0. The van der Waals surface area contributed by atoms with E-state index >= 15 is 0 Å². The number of amides is 3. The Bertz CT molecular complexity index is 800. The molecule has 0 aliphatic carbocycles. The number of nitrogens with zero attached hydrogens (tertiary/aromatic N) is 2. The van der Waals surface area contributed by atoms with Crippen LogP contribution < -0.4 is 10.6 Å². The van der Waals surface area contributed by atoms with Crippen molar-refractivity contribution in [3.8, 4) is 0 Å². The lowest BCUT2D eigenvalue weighted by Crippen LogP contribution is -2.47. The molecular weight excluding hydrogens is 379 g/mol. The molecule has 2 N–H and O–H groups in total. The summed E-state index contributed by atoms with van der Waals surface area (Å²) in [5.74, 6) is -1.25. The van der Waals surface area contributed by atoms with Crippen molar-refractivity contribution in [3.63, 3.8) is 0 Å². The number of carbonyl (C=O) groups excluding carboxylic acids is 3. The first-order valence-corrected chi connectivity index (χ1v) is 9.86. The van der Waals surface area contributed by atoms with Crippen LogP contribution in [0.4, 0.5) is 14.9 Å². The predicted molar refractivity (Wildman–Crippen MR) is 104 cm³/mol. The summed E-state index contributed by atoms with van der Waals surface area (Å²) in [4.78, 5) is 41.1. The average Bonchev–Trinajstić information content (AvgIpc) is 2.63. The van der Waals surface area contributed by atoms with Crippen LogP contribution in [0.2, 0.25) is 0 Å². The maximum absolute atomic E-state index is 14.7. The minimum Gasteiger partial charge on any atom is -0.444 e. The van der Waals surface area contributed by atoms with Crippen LogP contribution in [0, 0.1) is 5.82 Å². The summed E-state index contributed by atoms with van der Waals surface area (Å²) < 4.78 is 20.0. The van der Waals surface area contributed by atoms with Crippen molar-refractivity contribution < 1.29 is 23.5 Å². The number of hydrogen-bond acceptors (Lipinski definition) is 6. The van der Waals surface area contributed by atoms with E-state index in [4.69, 9.17) is 4.74 Å². The SMILES string of the molecule is CC(C)(C)OC(=O)N1CCC(c2ncc(N[C@H]3CCC(=O)NC3=O)cc2F)CC1. The fourth-order valence-corrected chi connectivity index (χ4v) is 3.52. The first-order valence-electron chi connectivity index (χ1n) is 9.86. The zero-order valence-corrected chi connectivity index (χ0v) is 17.0. The number of piperidine rings is 2. The smallest absolute Gasteiger partial charge is 0.410 e. The van der Waals surface area contributed by atoms with Gasteiger partial charge in [-0.2, -0.15) is 0 Å². The van der Waals surface area contributed by atoms with Crippen LogP contribution >= 0.6 is 0 Å². The Morgan fingerprint density at radius 2 is 1.97 bits per heavy atom. The molecule has 3 amide bonds. The zero-order chi connectivity index (χ0) is 21.2. The molecule has 0 unspecified atom stereocenters. The van der Waals surface area contributed by atoms with Gasteiger partial charge in [-0.05, 0) is 40.0 Å². The maximum atomic E-state index is 14.7. The summed E-state index contributed by atoms with van der Waals surface area (Å²) in [6.07, 6.45) is 2.95. The second-order valence-electron chi connectivity index (χ2n) is 8.48. The molecule has 0 radical (unpaired) electrons. The van der Waals surface area contributed by atoms with E-state index in [1.165, 1.54) is 12.3 Å². The van der Waals surface area contributed by atoms with E-state index in [0.29, 0.717) is 43.7 Å². The van der Waals surface area contributed by atoms with Crippen molar-refractivity contribution in [2.24, 2.45) is 0 Å². The van der Waals surface area contributed by atoms with Gasteiger partial charge < -0.3 is 15.0 Å². The van der Waals surface area contributed by atoms with Gasteiger partial charge in [0.05, 0.1) is 17.6 Å². The summed E-state index contributed by atoms with van der Waals surface area (Å²) in [6.45, 7) is 6.43. The van der Waals surface area contributed by atoms with Crippen molar-refractivity contribution >= 4 is 23.6 Å². The van der Waals surface area contributed by atoms with Crippen molar-refractivity contribution in [2.75, 3.05) is 18.4 Å². The highest BCUT2D eigenvalue weighted by molar-refractivity contribution is 6.01. The summed E-state index contributed by atoms with van der Waals surface area (Å²) in [7, 11) is 0. The first-order chi connectivity index (χ1) is 13.6. The van der Waals surface area contributed by atoms with Gasteiger partial charge in [-0.15, -0.1) is 0 Å². The molecule has 2 aliphatic rings. The third-order valence-electron chi connectivity index (χ3n) is 4.98. The van der Waals surface area contributed by atoms with Crippen molar-refractivity contribution in [3.05, 3.63) is 23.8 Å². The Hall–Kier alpha value is -2.71. The third-order valence-corrected chi connectivity index (χ3v) is 4.98. The van der Waals surface area contributed by atoms with Crippen molar-refractivity contribution in [1.29, 1.82) is 0 Å². The summed E-state index contributed by atoms with van der Waals surface area (Å²) in [6, 6.07) is 0.739. The Balaban J connectivity index is 1.58. The van der Waals surface area contributed by atoms with Gasteiger partial charge in [-0.25, -0.2) is 9.18 Å².